The Hall–Kier alpha value is -3.09. The van der Waals surface area contributed by atoms with Crippen molar-refractivity contribution in [3.8, 4) is 5.69 Å². The fraction of sp³-hybridized carbons (Fsp3) is 0.316. The first-order valence-corrected chi connectivity index (χ1v) is 8.31. The van der Waals surface area contributed by atoms with E-state index in [-0.39, 0.29) is 6.04 Å². The first kappa shape index (κ1) is 19.2. The number of carbonyl (C=O) groups excluding carboxylic acids is 3. The van der Waals surface area contributed by atoms with E-state index in [9.17, 15) is 14.4 Å². The number of rotatable bonds is 5. The number of hydrogen-bond acceptors (Lipinski definition) is 4. The van der Waals surface area contributed by atoms with E-state index >= 15 is 0 Å². The summed E-state index contributed by atoms with van der Waals surface area (Å²) in [5.41, 5.74) is 2.91. The molecular weight excluding hydrogens is 334 g/mol. The molecule has 0 unspecified atom stereocenters. The van der Waals surface area contributed by atoms with Crippen molar-refractivity contribution in [2.24, 2.45) is 0 Å². The molecule has 0 aliphatic rings. The Balaban J connectivity index is 2.03. The summed E-state index contributed by atoms with van der Waals surface area (Å²) < 4.78 is 6.97. The number of para-hydroxylation sites is 1. The third kappa shape index (κ3) is 4.72. The average molecular weight is 357 g/mol. The molecule has 7 heteroatoms. The standard InChI is InChI=1S/C19H23N3O4/c1-12(2)20-19(25)21-17(23)11-26-18(24)16-10-13(3)22(14(16)4)15-8-6-5-7-9-15/h5-10,12H,11H2,1-4H3,(H2,20,21,23,25). The number of carbonyl (C=O) groups is 3. The maximum absolute atomic E-state index is 12.3. The van der Waals surface area contributed by atoms with Gasteiger partial charge in [0.05, 0.1) is 5.56 Å². The third-order valence-electron chi connectivity index (χ3n) is 3.67. The van der Waals surface area contributed by atoms with Crippen LogP contribution in [0.25, 0.3) is 5.69 Å². The molecule has 7 nitrogen and oxygen atoms in total. The Bertz CT molecular complexity index is 810. The molecule has 0 radical (unpaired) electrons. The molecule has 0 spiro atoms. The van der Waals surface area contributed by atoms with Gasteiger partial charge in [-0.05, 0) is 45.9 Å². The average Bonchev–Trinajstić information content (AvgIpc) is 2.87. The minimum atomic E-state index is -0.687. The second kappa shape index (κ2) is 8.33. The molecule has 1 aromatic heterocycles. The minimum absolute atomic E-state index is 0.103. The fourth-order valence-electron chi connectivity index (χ4n) is 2.61. The predicted molar refractivity (Wildman–Crippen MR) is 97.3 cm³/mol. The maximum Gasteiger partial charge on any atom is 0.340 e. The lowest BCUT2D eigenvalue weighted by Gasteiger charge is -2.10. The van der Waals surface area contributed by atoms with E-state index in [4.69, 9.17) is 4.74 Å². The van der Waals surface area contributed by atoms with Gasteiger partial charge in [0.2, 0.25) is 0 Å². The molecule has 26 heavy (non-hydrogen) atoms. The van der Waals surface area contributed by atoms with Gasteiger partial charge in [-0.1, -0.05) is 18.2 Å². The fourth-order valence-corrected chi connectivity index (χ4v) is 2.61. The topological polar surface area (TPSA) is 89.4 Å². The van der Waals surface area contributed by atoms with E-state index in [0.29, 0.717) is 5.56 Å². The first-order chi connectivity index (χ1) is 12.3. The minimum Gasteiger partial charge on any atom is -0.452 e. The summed E-state index contributed by atoms with van der Waals surface area (Å²) in [6.45, 7) is 6.71. The van der Waals surface area contributed by atoms with E-state index in [1.165, 1.54) is 0 Å². The number of imide groups is 1. The van der Waals surface area contributed by atoms with Gasteiger partial charge in [0.15, 0.2) is 6.61 Å². The number of esters is 1. The number of ether oxygens (including phenoxy) is 1. The summed E-state index contributed by atoms with van der Waals surface area (Å²) >= 11 is 0. The van der Waals surface area contributed by atoms with Crippen LogP contribution in [0.1, 0.15) is 35.6 Å². The molecule has 2 N–H and O–H groups in total. The summed E-state index contributed by atoms with van der Waals surface area (Å²) in [6.07, 6.45) is 0. The van der Waals surface area contributed by atoms with E-state index in [0.717, 1.165) is 17.1 Å². The predicted octanol–water partition coefficient (Wildman–Crippen LogP) is 2.49. The van der Waals surface area contributed by atoms with E-state index in [1.807, 2.05) is 48.7 Å². The van der Waals surface area contributed by atoms with Crippen molar-refractivity contribution < 1.29 is 19.1 Å². The van der Waals surface area contributed by atoms with Crippen LogP contribution in [0.4, 0.5) is 4.79 Å². The van der Waals surface area contributed by atoms with Crippen molar-refractivity contribution in [1.29, 1.82) is 0 Å². The Kier molecular flexibility index (Phi) is 6.16. The quantitative estimate of drug-likeness (QED) is 0.805. The van der Waals surface area contributed by atoms with Crippen LogP contribution in [-0.4, -0.2) is 35.1 Å². The van der Waals surface area contributed by atoms with Crippen molar-refractivity contribution in [3.05, 3.63) is 53.3 Å². The van der Waals surface area contributed by atoms with Gasteiger partial charge in [-0.25, -0.2) is 9.59 Å². The lowest BCUT2D eigenvalue weighted by molar-refractivity contribution is -0.123. The number of aromatic nitrogens is 1. The van der Waals surface area contributed by atoms with Crippen molar-refractivity contribution in [1.82, 2.24) is 15.2 Å². The largest absolute Gasteiger partial charge is 0.452 e. The Morgan fingerprint density at radius 3 is 2.38 bits per heavy atom. The maximum atomic E-state index is 12.3. The molecule has 1 aromatic carbocycles. The van der Waals surface area contributed by atoms with Gasteiger partial charge in [0.1, 0.15) is 0 Å². The van der Waals surface area contributed by atoms with Crippen molar-refractivity contribution in [2.45, 2.75) is 33.7 Å². The molecular formula is C19H23N3O4. The van der Waals surface area contributed by atoms with Crippen molar-refractivity contribution >= 4 is 17.9 Å². The zero-order valence-electron chi connectivity index (χ0n) is 15.3. The Morgan fingerprint density at radius 2 is 1.77 bits per heavy atom. The number of nitrogens with one attached hydrogen (secondary N) is 2. The van der Waals surface area contributed by atoms with E-state index in [2.05, 4.69) is 10.6 Å². The van der Waals surface area contributed by atoms with Gasteiger partial charge in [-0.15, -0.1) is 0 Å². The van der Waals surface area contributed by atoms with Crippen LogP contribution in [0.15, 0.2) is 36.4 Å². The summed E-state index contributed by atoms with van der Waals surface area (Å²) in [5.74, 6) is -1.30. The molecule has 0 saturated carbocycles. The van der Waals surface area contributed by atoms with E-state index in [1.54, 1.807) is 19.9 Å². The van der Waals surface area contributed by atoms with Gasteiger partial charge >= 0.3 is 12.0 Å². The van der Waals surface area contributed by atoms with Gasteiger partial charge in [-0.3, -0.25) is 10.1 Å². The highest BCUT2D eigenvalue weighted by Crippen LogP contribution is 2.21. The zero-order chi connectivity index (χ0) is 19.3. The smallest absolute Gasteiger partial charge is 0.340 e. The highest BCUT2D eigenvalue weighted by atomic mass is 16.5. The Labute approximate surface area is 152 Å². The highest BCUT2D eigenvalue weighted by Gasteiger charge is 2.19. The molecule has 1 heterocycles. The molecule has 0 aliphatic carbocycles. The van der Waals surface area contributed by atoms with Crippen LogP contribution >= 0.6 is 0 Å². The molecule has 2 aromatic rings. The highest BCUT2D eigenvalue weighted by molar-refractivity contribution is 5.97. The van der Waals surface area contributed by atoms with Gasteiger partial charge in [0, 0.05) is 23.1 Å². The van der Waals surface area contributed by atoms with Crippen LogP contribution in [0, 0.1) is 13.8 Å². The molecule has 138 valence electrons. The second-order valence-electron chi connectivity index (χ2n) is 6.21. The summed E-state index contributed by atoms with van der Waals surface area (Å²) in [6, 6.07) is 10.6. The molecule has 0 fully saturated rings. The van der Waals surface area contributed by atoms with Gasteiger partial charge < -0.3 is 14.6 Å². The molecule has 0 saturated heterocycles. The van der Waals surface area contributed by atoms with Crippen LogP contribution in [0.2, 0.25) is 0 Å². The van der Waals surface area contributed by atoms with Crippen molar-refractivity contribution in [3.63, 3.8) is 0 Å². The number of urea groups is 1. The molecule has 3 amide bonds. The molecule has 0 aliphatic heterocycles. The van der Waals surface area contributed by atoms with Gasteiger partial charge in [-0.2, -0.15) is 0 Å². The Morgan fingerprint density at radius 1 is 1.12 bits per heavy atom. The lowest BCUT2D eigenvalue weighted by atomic mass is 10.2. The van der Waals surface area contributed by atoms with E-state index < -0.39 is 24.5 Å². The third-order valence-corrected chi connectivity index (χ3v) is 3.67. The number of hydrogen-bond donors (Lipinski definition) is 2. The lowest BCUT2D eigenvalue weighted by Crippen LogP contribution is -2.44. The number of amides is 3. The zero-order valence-corrected chi connectivity index (χ0v) is 15.3. The summed E-state index contributed by atoms with van der Waals surface area (Å²) in [7, 11) is 0. The SMILES string of the molecule is Cc1cc(C(=O)OCC(=O)NC(=O)NC(C)C)c(C)n1-c1ccccc1. The number of nitrogens with zero attached hydrogens (tertiary/aromatic N) is 1. The van der Waals surface area contributed by atoms with Crippen molar-refractivity contribution in [2.75, 3.05) is 6.61 Å². The normalized spacial score (nSPS) is 10.5. The number of benzene rings is 1. The van der Waals surface area contributed by atoms with Crippen LogP contribution in [0.5, 0.6) is 0 Å². The van der Waals surface area contributed by atoms with Gasteiger partial charge in [0.25, 0.3) is 5.91 Å². The molecule has 0 atom stereocenters. The van der Waals surface area contributed by atoms with Crippen LogP contribution < -0.4 is 10.6 Å². The van der Waals surface area contributed by atoms with Crippen LogP contribution in [-0.2, 0) is 9.53 Å². The molecule has 0 bridgehead atoms. The first-order valence-electron chi connectivity index (χ1n) is 8.31. The summed E-state index contributed by atoms with van der Waals surface area (Å²) in [5, 5.41) is 4.62. The second-order valence-corrected chi connectivity index (χ2v) is 6.21. The number of aryl methyl sites for hydroxylation is 1. The monoisotopic (exact) mass is 357 g/mol. The van der Waals surface area contributed by atoms with Crippen LogP contribution in [0.3, 0.4) is 0 Å². The summed E-state index contributed by atoms with van der Waals surface area (Å²) in [4.78, 5) is 35.5. The molecule has 2 rings (SSSR count).